The molecule has 0 unspecified atom stereocenters. The first-order valence-corrected chi connectivity index (χ1v) is 12.3. The summed E-state index contributed by atoms with van der Waals surface area (Å²) in [6.07, 6.45) is 1.49. The SMILES string of the molecule is CC(C)NC(=O)COc1cc2ccccc2cc1C(=O)N1CCC(c2nc3ccc(F)cc3[nH]2)CC1. The van der Waals surface area contributed by atoms with E-state index in [2.05, 4.69) is 15.3 Å². The minimum absolute atomic E-state index is 0.00544. The molecule has 5 rings (SSSR count). The first kappa shape index (κ1) is 23.8. The van der Waals surface area contributed by atoms with E-state index in [1.807, 2.05) is 55.1 Å². The van der Waals surface area contributed by atoms with E-state index in [1.165, 1.54) is 12.1 Å². The van der Waals surface area contributed by atoms with Gasteiger partial charge in [0.15, 0.2) is 6.61 Å². The van der Waals surface area contributed by atoms with Crippen LogP contribution in [0.1, 0.15) is 48.8 Å². The van der Waals surface area contributed by atoms with Gasteiger partial charge in [0.1, 0.15) is 17.4 Å². The number of nitrogens with one attached hydrogen (secondary N) is 2. The highest BCUT2D eigenvalue weighted by Crippen LogP contribution is 2.31. The monoisotopic (exact) mass is 488 g/mol. The highest BCUT2D eigenvalue weighted by molar-refractivity contribution is 6.01. The van der Waals surface area contributed by atoms with Crippen molar-refractivity contribution in [1.82, 2.24) is 20.2 Å². The van der Waals surface area contributed by atoms with Crippen molar-refractivity contribution in [3.63, 3.8) is 0 Å². The molecule has 0 bridgehead atoms. The number of H-pyrrole nitrogens is 1. The van der Waals surface area contributed by atoms with E-state index >= 15 is 0 Å². The summed E-state index contributed by atoms with van der Waals surface area (Å²) in [5.74, 6) is 0.741. The fourth-order valence-electron chi connectivity index (χ4n) is 4.73. The molecule has 2 N–H and O–H groups in total. The lowest BCUT2D eigenvalue weighted by Gasteiger charge is -2.31. The van der Waals surface area contributed by atoms with Crippen LogP contribution in [0.5, 0.6) is 5.75 Å². The first-order valence-electron chi connectivity index (χ1n) is 12.3. The Morgan fingerprint density at radius 1 is 1.11 bits per heavy atom. The molecule has 4 aromatic rings. The molecule has 3 aromatic carbocycles. The van der Waals surface area contributed by atoms with Crippen LogP contribution in [0.2, 0.25) is 0 Å². The number of aromatic nitrogens is 2. The fraction of sp³-hybridized carbons (Fsp3) is 0.321. The molecule has 1 saturated heterocycles. The maximum atomic E-state index is 13.6. The summed E-state index contributed by atoms with van der Waals surface area (Å²) in [6.45, 7) is 4.74. The van der Waals surface area contributed by atoms with Gasteiger partial charge in [-0.3, -0.25) is 9.59 Å². The van der Waals surface area contributed by atoms with Crippen molar-refractivity contribution in [2.75, 3.05) is 19.7 Å². The van der Waals surface area contributed by atoms with Crippen LogP contribution in [0.25, 0.3) is 21.8 Å². The molecule has 1 aliphatic rings. The zero-order valence-electron chi connectivity index (χ0n) is 20.4. The number of rotatable bonds is 6. The number of hydrogen-bond acceptors (Lipinski definition) is 4. The molecule has 2 heterocycles. The lowest BCUT2D eigenvalue weighted by Crippen LogP contribution is -2.38. The predicted octanol–water partition coefficient (Wildman–Crippen LogP) is 4.78. The lowest BCUT2D eigenvalue weighted by atomic mass is 9.95. The van der Waals surface area contributed by atoms with E-state index in [4.69, 9.17) is 4.74 Å². The van der Waals surface area contributed by atoms with Crippen LogP contribution in [0.15, 0.2) is 54.6 Å². The molecule has 36 heavy (non-hydrogen) atoms. The van der Waals surface area contributed by atoms with Crippen molar-refractivity contribution < 1.29 is 18.7 Å². The number of benzene rings is 3. The van der Waals surface area contributed by atoms with Gasteiger partial charge < -0.3 is 19.9 Å². The highest BCUT2D eigenvalue weighted by Gasteiger charge is 2.28. The standard InChI is InChI=1S/C28H29FN4O3/c1-17(2)30-26(34)16-36-25-14-20-6-4-3-5-19(20)13-22(25)28(35)33-11-9-18(10-12-33)27-31-23-8-7-21(29)15-24(23)32-27/h3-8,13-15,17-18H,9-12,16H2,1-2H3,(H,30,34)(H,31,32). The number of carbonyl (C=O) groups excluding carboxylic acids is 2. The smallest absolute Gasteiger partial charge is 0.258 e. The fourth-order valence-corrected chi connectivity index (χ4v) is 4.73. The molecule has 1 fully saturated rings. The lowest BCUT2D eigenvalue weighted by molar-refractivity contribution is -0.123. The van der Waals surface area contributed by atoms with Gasteiger partial charge in [0.05, 0.1) is 16.6 Å². The van der Waals surface area contributed by atoms with E-state index in [9.17, 15) is 14.0 Å². The Bertz CT molecular complexity index is 1420. The number of amides is 2. The molecule has 186 valence electrons. The van der Waals surface area contributed by atoms with E-state index in [-0.39, 0.29) is 36.2 Å². The Morgan fingerprint density at radius 3 is 2.56 bits per heavy atom. The van der Waals surface area contributed by atoms with Gasteiger partial charge in [0.25, 0.3) is 11.8 Å². The molecule has 1 aromatic heterocycles. The van der Waals surface area contributed by atoms with Gasteiger partial charge in [-0.15, -0.1) is 0 Å². The number of imidazole rings is 1. The van der Waals surface area contributed by atoms with Gasteiger partial charge >= 0.3 is 0 Å². The Hall–Kier alpha value is -3.94. The van der Waals surface area contributed by atoms with Crippen LogP contribution in [0.4, 0.5) is 4.39 Å². The van der Waals surface area contributed by atoms with Gasteiger partial charge in [-0.25, -0.2) is 9.37 Å². The maximum Gasteiger partial charge on any atom is 0.258 e. The highest BCUT2D eigenvalue weighted by atomic mass is 19.1. The summed E-state index contributed by atoms with van der Waals surface area (Å²) in [5, 5.41) is 4.68. The molecule has 2 amide bonds. The van der Waals surface area contributed by atoms with Crippen LogP contribution in [-0.4, -0.2) is 52.4 Å². The van der Waals surface area contributed by atoms with Crippen LogP contribution >= 0.6 is 0 Å². The molecular weight excluding hydrogens is 459 g/mol. The number of carbonyl (C=O) groups is 2. The maximum absolute atomic E-state index is 13.6. The van der Waals surface area contributed by atoms with Gasteiger partial charge in [-0.1, -0.05) is 24.3 Å². The van der Waals surface area contributed by atoms with Crippen molar-refractivity contribution in [3.05, 3.63) is 71.8 Å². The molecule has 0 saturated carbocycles. The molecule has 8 heteroatoms. The number of hydrogen-bond donors (Lipinski definition) is 2. The number of fused-ring (bicyclic) bond motifs is 2. The molecule has 0 aliphatic carbocycles. The molecule has 1 aliphatic heterocycles. The van der Waals surface area contributed by atoms with Crippen LogP contribution in [0.3, 0.4) is 0 Å². The number of halogens is 1. The average molecular weight is 489 g/mol. The van der Waals surface area contributed by atoms with Gasteiger partial charge in [-0.05, 0) is 67.8 Å². The van der Waals surface area contributed by atoms with Crippen molar-refractivity contribution in [2.45, 2.75) is 38.6 Å². The number of ether oxygens (including phenoxy) is 1. The van der Waals surface area contributed by atoms with Gasteiger partial charge in [-0.2, -0.15) is 0 Å². The van der Waals surface area contributed by atoms with Crippen LogP contribution in [-0.2, 0) is 4.79 Å². The molecule has 0 spiro atoms. The molecular formula is C28H29FN4O3. The largest absolute Gasteiger partial charge is 0.483 e. The average Bonchev–Trinajstić information content (AvgIpc) is 3.29. The zero-order valence-corrected chi connectivity index (χ0v) is 20.4. The Morgan fingerprint density at radius 2 is 1.83 bits per heavy atom. The second-order valence-electron chi connectivity index (χ2n) is 9.56. The Labute approximate surface area is 208 Å². The summed E-state index contributed by atoms with van der Waals surface area (Å²) < 4.78 is 19.4. The van der Waals surface area contributed by atoms with E-state index < -0.39 is 0 Å². The Balaban J connectivity index is 1.33. The number of nitrogens with zero attached hydrogens (tertiary/aromatic N) is 2. The van der Waals surface area contributed by atoms with Crippen LogP contribution < -0.4 is 10.1 Å². The Kier molecular flexibility index (Phi) is 6.59. The normalized spacial score (nSPS) is 14.5. The summed E-state index contributed by atoms with van der Waals surface area (Å²) in [5.41, 5.74) is 1.87. The summed E-state index contributed by atoms with van der Waals surface area (Å²) >= 11 is 0. The van der Waals surface area contributed by atoms with Gasteiger partial charge in [0.2, 0.25) is 0 Å². The van der Waals surface area contributed by atoms with Crippen molar-refractivity contribution >= 4 is 33.6 Å². The third kappa shape index (κ3) is 5.03. The quantitative estimate of drug-likeness (QED) is 0.409. The van der Waals surface area contributed by atoms with E-state index in [1.54, 1.807) is 6.07 Å². The minimum atomic E-state index is -0.298. The third-order valence-electron chi connectivity index (χ3n) is 6.52. The number of piperidine rings is 1. The molecule has 7 nitrogen and oxygen atoms in total. The van der Waals surface area contributed by atoms with Crippen molar-refractivity contribution in [1.29, 1.82) is 0 Å². The molecule has 0 radical (unpaired) electrons. The second-order valence-corrected chi connectivity index (χ2v) is 9.56. The second kappa shape index (κ2) is 9.97. The topological polar surface area (TPSA) is 87.3 Å². The van der Waals surface area contributed by atoms with Crippen molar-refractivity contribution in [2.24, 2.45) is 0 Å². The third-order valence-corrected chi connectivity index (χ3v) is 6.52. The van der Waals surface area contributed by atoms with Gasteiger partial charge in [0, 0.05) is 25.0 Å². The predicted molar refractivity (Wildman–Crippen MR) is 137 cm³/mol. The zero-order chi connectivity index (χ0) is 25.2. The van der Waals surface area contributed by atoms with E-state index in [0.717, 1.165) is 35.0 Å². The number of likely N-dealkylation sites (tertiary alicyclic amines) is 1. The van der Waals surface area contributed by atoms with E-state index in [0.29, 0.717) is 29.9 Å². The molecule has 0 atom stereocenters. The summed E-state index contributed by atoms with van der Waals surface area (Å²) in [6, 6.07) is 16.0. The summed E-state index contributed by atoms with van der Waals surface area (Å²) in [4.78, 5) is 35.4. The van der Waals surface area contributed by atoms with Crippen molar-refractivity contribution in [3.8, 4) is 5.75 Å². The minimum Gasteiger partial charge on any atom is -0.483 e. The number of aromatic amines is 1. The van der Waals surface area contributed by atoms with Crippen LogP contribution in [0, 0.1) is 5.82 Å². The summed E-state index contributed by atoms with van der Waals surface area (Å²) in [7, 11) is 0. The first-order chi connectivity index (χ1) is 17.4.